The molecule has 0 saturated carbocycles. The van der Waals surface area contributed by atoms with E-state index >= 15 is 0 Å². The Morgan fingerprint density at radius 1 is 1.17 bits per heavy atom. The van der Waals surface area contributed by atoms with Gasteiger partial charge in [0, 0.05) is 0 Å². The summed E-state index contributed by atoms with van der Waals surface area (Å²) in [5.41, 5.74) is 2.55. The van der Waals surface area contributed by atoms with Crippen LogP contribution in [0.25, 0.3) is 0 Å². The van der Waals surface area contributed by atoms with Crippen molar-refractivity contribution in [3.05, 3.63) is 70.8 Å². The molecule has 1 aliphatic rings. The number of carboxylic acid groups (broad SMARTS) is 1. The minimum absolute atomic E-state index is 0.0647. The molecule has 0 bridgehead atoms. The quantitative estimate of drug-likeness (QED) is 0.880. The molecule has 0 heterocycles. The molecule has 1 aliphatic carbocycles. The van der Waals surface area contributed by atoms with Crippen molar-refractivity contribution < 1.29 is 20.8 Å². The number of carbonyl (C=O) groups excluding carboxylic acids is 1. The first-order chi connectivity index (χ1) is 11.5. The Morgan fingerprint density at radius 2 is 2.00 bits per heavy atom. The van der Waals surface area contributed by atoms with Crippen molar-refractivity contribution in [2.45, 2.75) is 19.3 Å². The monoisotopic (exact) mass is 311 g/mol. The number of hydrogen-bond acceptors (Lipinski definition) is 3. The maximum Gasteiger partial charge on any atom is 0.338 e. The Morgan fingerprint density at radius 3 is 2.83 bits per heavy atom. The molecule has 3 rings (SSSR count). The van der Waals surface area contributed by atoms with Crippen molar-refractivity contribution in [2.24, 2.45) is 5.92 Å². The third-order valence-corrected chi connectivity index (χ3v) is 4.15. The van der Waals surface area contributed by atoms with Gasteiger partial charge in [-0.15, -0.1) is 0 Å². The van der Waals surface area contributed by atoms with Crippen molar-refractivity contribution in [3.63, 3.8) is 0 Å². The van der Waals surface area contributed by atoms with E-state index in [1.54, 1.807) is 12.1 Å². The van der Waals surface area contributed by atoms with Crippen LogP contribution in [-0.2, 0) is 17.6 Å². The number of carbonyl (C=O) groups is 2. The molecule has 23 heavy (non-hydrogen) atoms. The van der Waals surface area contributed by atoms with Gasteiger partial charge in [-0.05, 0) is 54.5 Å². The minimum atomic E-state index is -1.07. The van der Waals surface area contributed by atoms with E-state index < -0.39 is 11.9 Å². The molecule has 1 N–H and O–H groups in total. The first-order valence-corrected chi connectivity index (χ1v) is 7.62. The van der Waals surface area contributed by atoms with Crippen LogP contribution in [0.5, 0.6) is 0 Å². The van der Waals surface area contributed by atoms with Crippen molar-refractivity contribution >= 4 is 11.9 Å². The maximum atomic E-state index is 12.1. The molecule has 1 atom stereocenters. The van der Waals surface area contributed by atoms with Gasteiger partial charge in [-0.1, -0.05) is 30.3 Å². The molecule has 0 amide bonds. The van der Waals surface area contributed by atoms with Crippen LogP contribution in [0.2, 0.25) is 0 Å². The van der Waals surface area contributed by atoms with Gasteiger partial charge in [-0.3, -0.25) is 0 Å². The Bertz CT molecular complexity index is 785. The number of hydrogen-bond donors (Lipinski definition) is 1. The summed E-state index contributed by atoms with van der Waals surface area (Å²) in [6.45, 7) is 0.282. The number of ether oxygens (including phenoxy) is 1. The lowest BCUT2D eigenvalue weighted by molar-refractivity contribution is 0.0428. The largest absolute Gasteiger partial charge is 0.478 e. The van der Waals surface area contributed by atoms with Crippen LogP contribution in [0.4, 0.5) is 0 Å². The summed E-state index contributed by atoms with van der Waals surface area (Å²) in [5.74, 6) is -1.39. The lowest BCUT2D eigenvalue weighted by Gasteiger charge is -2.24. The zero-order valence-electron chi connectivity index (χ0n) is 13.6. The van der Waals surface area contributed by atoms with Crippen LogP contribution in [0.15, 0.2) is 48.5 Å². The Kier molecular flexibility index (Phi) is 4.05. The number of rotatable bonds is 4. The van der Waals surface area contributed by atoms with Crippen molar-refractivity contribution in [1.82, 2.24) is 0 Å². The number of carboxylic acids is 1. The minimum Gasteiger partial charge on any atom is -0.478 e. The Hall–Kier alpha value is -2.62. The van der Waals surface area contributed by atoms with Gasteiger partial charge in [0.05, 0.1) is 19.1 Å². The summed E-state index contributed by atoms with van der Waals surface area (Å²) < 4.78 is 13.4. The molecule has 0 fully saturated rings. The van der Waals surface area contributed by atoms with E-state index in [4.69, 9.17) is 11.2 Å². The van der Waals surface area contributed by atoms with Gasteiger partial charge in [0.2, 0.25) is 0 Å². The lowest BCUT2D eigenvalue weighted by atomic mass is 9.84. The predicted octanol–water partition coefficient (Wildman–Crippen LogP) is 3.35. The highest BCUT2D eigenvalue weighted by Gasteiger charge is 2.20. The molecule has 2 aromatic rings. The molecule has 118 valence electrons. The van der Waals surface area contributed by atoms with E-state index in [2.05, 4.69) is 0 Å². The smallest absolute Gasteiger partial charge is 0.338 e. The van der Waals surface area contributed by atoms with Crippen LogP contribution in [0.1, 0.15) is 39.6 Å². The fraction of sp³-hybridized carbons (Fsp3) is 0.263. The van der Waals surface area contributed by atoms with Crippen LogP contribution in [0, 0.1) is 5.92 Å². The highest BCUT2D eigenvalue weighted by atomic mass is 16.5. The maximum absolute atomic E-state index is 12.1. The molecule has 0 aliphatic heterocycles. The third-order valence-electron chi connectivity index (χ3n) is 4.15. The summed E-state index contributed by atoms with van der Waals surface area (Å²) in [4.78, 5) is 23.1. The van der Waals surface area contributed by atoms with Crippen LogP contribution in [-0.4, -0.2) is 23.7 Å². The van der Waals surface area contributed by atoms with Gasteiger partial charge in [0.15, 0.2) is 0 Å². The SMILES string of the molecule is [2H]c1cccc2c1CC(COC(=O)c1cccc(C(=O)O)c1)CC2. The van der Waals surface area contributed by atoms with Crippen molar-refractivity contribution in [2.75, 3.05) is 6.61 Å². The Labute approximate surface area is 136 Å². The molecule has 0 spiro atoms. The molecule has 0 radical (unpaired) electrons. The highest BCUT2D eigenvalue weighted by molar-refractivity contribution is 5.94. The number of fused-ring (bicyclic) bond motifs is 1. The second-order valence-corrected chi connectivity index (χ2v) is 5.77. The molecule has 1 unspecified atom stereocenters. The molecule has 0 aromatic heterocycles. The van der Waals surface area contributed by atoms with Gasteiger partial charge in [0.25, 0.3) is 0 Å². The average molecular weight is 311 g/mol. The molecule has 4 heteroatoms. The fourth-order valence-electron chi connectivity index (χ4n) is 2.88. The molecule has 2 aromatic carbocycles. The number of benzene rings is 2. The summed E-state index contributed by atoms with van der Waals surface area (Å²) in [7, 11) is 0. The van der Waals surface area contributed by atoms with E-state index in [9.17, 15) is 9.59 Å². The standard InChI is InChI=1S/C19H18O4/c20-18(21)16-6-3-7-17(11-16)19(22)23-12-13-8-9-14-4-1-2-5-15(14)10-13/h1-7,11,13H,8-10,12H2,(H,20,21)/i5D. The van der Waals surface area contributed by atoms with Gasteiger partial charge < -0.3 is 9.84 Å². The summed E-state index contributed by atoms with van der Waals surface area (Å²) in [6.07, 6.45) is 2.54. The Balaban J connectivity index is 1.62. The van der Waals surface area contributed by atoms with E-state index in [-0.39, 0.29) is 23.7 Å². The van der Waals surface area contributed by atoms with Crippen molar-refractivity contribution in [1.29, 1.82) is 0 Å². The number of esters is 1. The number of aryl methyl sites for hydroxylation is 1. The first kappa shape index (κ1) is 14.0. The molecular weight excluding hydrogens is 292 g/mol. The topological polar surface area (TPSA) is 63.6 Å². The van der Waals surface area contributed by atoms with Crippen LogP contribution in [0.3, 0.4) is 0 Å². The van der Waals surface area contributed by atoms with Crippen LogP contribution >= 0.6 is 0 Å². The van der Waals surface area contributed by atoms with Gasteiger partial charge >= 0.3 is 11.9 Å². The zero-order valence-corrected chi connectivity index (χ0v) is 12.6. The third kappa shape index (κ3) is 3.59. The lowest BCUT2D eigenvalue weighted by Crippen LogP contribution is -2.21. The summed E-state index contributed by atoms with van der Waals surface area (Å²) in [6, 6.07) is 12.1. The second kappa shape index (κ2) is 6.65. The van der Waals surface area contributed by atoms with E-state index in [0.717, 1.165) is 24.8 Å². The van der Waals surface area contributed by atoms with Crippen molar-refractivity contribution in [3.8, 4) is 0 Å². The number of aromatic carboxylic acids is 1. The summed E-state index contributed by atoms with van der Waals surface area (Å²) >= 11 is 0. The average Bonchev–Trinajstić information content (AvgIpc) is 2.60. The molecule has 0 saturated heterocycles. The van der Waals surface area contributed by atoms with Gasteiger partial charge in [0.1, 0.15) is 0 Å². The molecule has 4 nitrogen and oxygen atoms in total. The molecular formula is C19H18O4. The van der Waals surface area contributed by atoms with E-state index in [1.165, 1.54) is 23.8 Å². The highest BCUT2D eigenvalue weighted by Crippen LogP contribution is 2.25. The summed E-state index contributed by atoms with van der Waals surface area (Å²) in [5, 5.41) is 8.97. The van der Waals surface area contributed by atoms with Crippen LogP contribution < -0.4 is 0 Å². The van der Waals surface area contributed by atoms with Gasteiger partial charge in [-0.25, -0.2) is 9.59 Å². The van der Waals surface area contributed by atoms with E-state index in [1.807, 2.05) is 12.1 Å². The van der Waals surface area contributed by atoms with Gasteiger partial charge in [-0.2, -0.15) is 0 Å². The van der Waals surface area contributed by atoms with E-state index in [0.29, 0.717) is 6.04 Å². The predicted molar refractivity (Wildman–Crippen MR) is 85.6 cm³/mol. The normalized spacial score (nSPS) is 17.0. The zero-order chi connectivity index (χ0) is 17.1. The fourth-order valence-corrected chi connectivity index (χ4v) is 2.88. The second-order valence-electron chi connectivity index (χ2n) is 5.77. The first-order valence-electron chi connectivity index (χ1n) is 8.12.